The third-order valence-corrected chi connectivity index (χ3v) is 3.71. The maximum absolute atomic E-state index is 10.8. The van der Waals surface area contributed by atoms with E-state index >= 15 is 0 Å². The van der Waals surface area contributed by atoms with E-state index in [1.165, 1.54) is 32.1 Å². The van der Waals surface area contributed by atoms with Gasteiger partial charge < -0.3 is 5.32 Å². The molecular weight excluding hydrogens is 228 g/mol. The maximum atomic E-state index is 10.8. The highest BCUT2D eigenvalue weighted by molar-refractivity contribution is 5.39. The Hall–Kier alpha value is -1.42. The van der Waals surface area contributed by atoms with E-state index in [-0.39, 0.29) is 10.6 Å². The molecule has 0 atom stereocenters. The van der Waals surface area contributed by atoms with Crippen molar-refractivity contribution in [2.75, 3.05) is 6.54 Å². The molecule has 0 saturated heterocycles. The van der Waals surface area contributed by atoms with Gasteiger partial charge in [0, 0.05) is 18.2 Å². The second-order valence-electron chi connectivity index (χ2n) is 5.00. The predicted octanol–water partition coefficient (Wildman–Crippen LogP) is 3.26. The van der Waals surface area contributed by atoms with Gasteiger partial charge in [0.05, 0.1) is 4.92 Å². The molecule has 98 valence electrons. The van der Waals surface area contributed by atoms with Gasteiger partial charge >= 0.3 is 0 Å². The van der Waals surface area contributed by atoms with E-state index in [9.17, 15) is 10.1 Å². The summed E-state index contributed by atoms with van der Waals surface area (Å²) in [4.78, 5) is 10.5. The summed E-state index contributed by atoms with van der Waals surface area (Å²) in [6, 6.07) is 6.94. The Kier molecular flexibility index (Phi) is 4.70. The van der Waals surface area contributed by atoms with Gasteiger partial charge in [0.2, 0.25) is 0 Å². The average molecular weight is 248 g/mol. The summed E-state index contributed by atoms with van der Waals surface area (Å²) in [5.41, 5.74) is 0.986. The zero-order valence-corrected chi connectivity index (χ0v) is 10.6. The number of rotatable bonds is 6. The van der Waals surface area contributed by atoms with Gasteiger partial charge in [-0.3, -0.25) is 10.1 Å². The molecular formula is C14H20N2O2. The summed E-state index contributed by atoms with van der Waals surface area (Å²) >= 11 is 0. The van der Waals surface area contributed by atoms with Crippen LogP contribution in [-0.4, -0.2) is 11.5 Å². The molecule has 0 radical (unpaired) electrons. The summed E-state index contributed by atoms with van der Waals surface area (Å²) in [5.74, 6) is 0.864. The van der Waals surface area contributed by atoms with Crippen molar-refractivity contribution >= 4 is 5.69 Å². The number of hydrogen-bond acceptors (Lipinski definition) is 3. The molecule has 0 aliphatic heterocycles. The average Bonchev–Trinajstić information content (AvgIpc) is 2.88. The highest BCUT2D eigenvalue weighted by Gasteiger charge is 2.15. The molecule has 0 unspecified atom stereocenters. The lowest BCUT2D eigenvalue weighted by Crippen LogP contribution is -2.17. The van der Waals surface area contributed by atoms with Crippen LogP contribution in [0.2, 0.25) is 0 Å². The van der Waals surface area contributed by atoms with E-state index in [1.807, 2.05) is 12.1 Å². The molecule has 4 heteroatoms. The lowest BCUT2D eigenvalue weighted by atomic mass is 10.0. The van der Waals surface area contributed by atoms with Crippen molar-refractivity contribution in [1.82, 2.24) is 5.32 Å². The van der Waals surface area contributed by atoms with Gasteiger partial charge in [-0.15, -0.1) is 0 Å². The quantitative estimate of drug-likeness (QED) is 0.477. The van der Waals surface area contributed by atoms with Crippen LogP contribution >= 0.6 is 0 Å². The molecule has 2 rings (SSSR count). The van der Waals surface area contributed by atoms with Gasteiger partial charge in [-0.25, -0.2) is 0 Å². The fraction of sp³-hybridized carbons (Fsp3) is 0.571. The minimum atomic E-state index is -0.312. The molecule has 0 spiro atoms. The number of nitrogens with one attached hydrogen (secondary N) is 1. The lowest BCUT2D eigenvalue weighted by molar-refractivity contribution is -0.385. The van der Waals surface area contributed by atoms with E-state index in [0.717, 1.165) is 18.0 Å². The number of hydrogen-bond donors (Lipinski definition) is 1. The Morgan fingerprint density at radius 3 is 2.72 bits per heavy atom. The minimum absolute atomic E-state index is 0.214. The summed E-state index contributed by atoms with van der Waals surface area (Å²) in [7, 11) is 0. The van der Waals surface area contributed by atoms with Crippen molar-refractivity contribution in [3.8, 4) is 0 Å². The summed E-state index contributed by atoms with van der Waals surface area (Å²) < 4.78 is 0. The molecule has 1 fully saturated rings. The molecule has 1 aliphatic rings. The summed E-state index contributed by atoms with van der Waals surface area (Å²) in [5, 5.41) is 14.2. The predicted molar refractivity (Wildman–Crippen MR) is 71.4 cm³/mol. The minimum Gasteiger partial charge on any atom is -0.312 e. The molecule has 4 nitrogen and oxygen atoms in total. The first kappa shape index (κ1) is 13.0. The first-order valence-electron chi connectivity index (χ1n) is 6.70. The van der Waals surface area contributed by atoms with Crippen LogP contribution in [-0.2, 0) is 6.54 Å². The normalized spacial score (nSPS) is 16.0. The Morgan fingerprint density at radius 1 is 1.28 bits per heavy atom. The molecule has 1 N–H and O–H groups in total. The molecule has 0 amide bonds. The van der Waals surface area contributed by atoms with E-state index in [1.54, 1.807) is 12.1 Å². The largest absolute Gasteiger partial charge is 0.312 e. The molecule has 1 saturated carbocycles. The molecule has 1 aromatic carbocycles. The van der Waals surface area contributed by atoms with Crippen molar-refractivity contribution in [3.63, 3.8) is 0 Å². The molecule has 18 heavy (non-hydrogen) atoms. The Labute approximate surface area is 108 Å². The Bertz CT molecular complexity index is 401. The van der Waals surface area contributed by atoms with Gasteiger partial charge in [-0.1, -0.05) is 43.9 Å². The smallest absolute Gasteiger partial charge is 0.273 e. The third-order valence-electron chi connectivity index (χ3n) is 3.71. The number of benzene rings is 1. The van der Waals surface area contributed by atoms with Crippen LogP contribution < -0.4 is 5.32 Å². The fourth-order valence-electron chi connectivity index (χ4n) is 2.67. The van der Waals surface area contributed by atoms with Crippen LogP contribution in [0.4, 0.5) is 5.69 Å². The molecule has 1 aromatic rings. The van der Waals surface area contributed by atoms with Crippen LogP contribution in [0.3, 0.4) is 0 Å². The van der Waals surface area contributed by atoms with E-state index < -0.39 is 0 Å². The SMILES string of the molecule is O=[N+]([O-])c1ccccc1CNCCC1CCCC1. The lowest BCUT2D eigenvalue weighted by Gasteiger charge is -2.09. The maximum Gasteiger partial charge on any atom is 0.273 e. The molecule has 0 aromatic heterocycles. The zero-order chi connectivity index (χ0) is 12.8. The van der Waals surface area contributed by atoms with Gasteiger partial charge in [-0.2, -0.15) is 0 Å². The zero-order valence-electron chi connectivity index (χ0n) is 10.6. The van der Waals surface area contributed by atoms with Crippen LogP contribution in [0.5, 0.6) is 0 Å². The van der Waals surface area contributed by atoms with Crippen molar-refractivity contribution in [2.24, 2.45) is 5.92 Å². The van der Waals surface area contributed by atoms with Crippen molar-refractivity contribution < 1.29 is 4.92 Å². The van der Waals surface area contributed by atoms with Gasteiger partial charge in [0.25, 0.3) is 5.69 Å². The number of nitro groups is 1. The first-order valence-corrected chi connectivity index (χ1v) is 6.70. The topological polar surface area (TPSA) is 55.2 Å². The second kappa shape index (κ2) is 6.50. The van der Waals surface area contributed by atoms with Crippen LogP contribution in [0, 0.1) is 16.0 Å². The van der Waals surface area contributed by atoms with Crippen molar-refractivity contribution in [3.05, 3.63) is 39.9 Å². The Morgan fingerprint density at radius 2 is 2.00 bits per heavy atom. The summed E-state index contributed by atoms with van der Waals surface area (Å²) in [6.07, 6.45) is 6.64. The summed E-state index contributed by atoms with van der Waals surface area (Å²) in [6.45, 7) is 1.54. The van der Waals surface area contributed by atoms with E-state index in [4.69, 9.17) is 0 Å². The van der Waals surface area contributed by atoms with Crippen LogP contribution in [0.15, 0.2) is 24.3 Å². The molecule has 0 heterocycles. The highest BCUT2D eigenvalue weighted by atomic mass is 16.6. The highest BCUT2D eigenvalue weighted by Crippen LogP contribution is 2.27. The van der Waals surface area contributed by atoms with Gasteiger partial charge in [0.1, 0.15) is 0 Å². The Balaban J connectivity index is 1.77. The van der Waals surface area contributed by atoms with Crippen molar-refractivity contribution in [2.45, 2.75) is 38.6 Å². The van der Waals surface area contributed by atoms with Crippen molar-refractivity contribution in [1.29, 1.82) is 0 Å². The van der Waals surface area contributed by atoms with E-state index in [2.05, 4.69) is 5.32 Å². The number of nitro benzene ring substituents is 1. The number of nitrogens with zero attached hydrogens (tertiary/aromatic N) is 1. The monoisotopic (exact) mass is 248 g/mol. The fourth-order valence-corrected chi connectivity index (χ4v) is 2.67. The molecule has 0 bridgehead atoms. The third kappa shape index (κ3) is 3.53. The first-order chi connectivity index (χ1) is 8.77. The second-order valence-corrected chi connectivity index (χ2v) is 5.00. The van der Waals surface area contributed by atoms with E-state index in [0.29, 0.717) is 6.54 Å². The van der Waals surface area contributed by atoms with Crippen LogP contribution in [0.1, 0.15) is 37.7 Å². The van der Waals surface area contributed by atoms with Gasteiger partial charge in [-0.05, 0) is 18.9 Å². The van der Waals surface area contributed by atoms with Crippen LogP contribution in [0.25, 0.3) is 0 Å². The van der Waals surface area contributed by atoms with Gasteiger partial charge in [0.15, 0.2) is 0 Å². The number of para-hydroxylation sites is 1. The standard InChI is InChI=1S/C14H20N2O2/c17-16(18)14-8-4-3-7-13(14)11-15-10-9-12-5-1-2-6-12/h3-4,7-8,12,15H,1-2,5-6,9-11H2. The molecule has 1 aliphatic carbocycles.